The number of ether oxygens (including phenoxy) is 1. The van der Waals surface area contributed by atoms with Crippen LogP contribution in [0.2, 0.25) is 0 Å². The molecule has 0 aliphatic rings. The highest BCUT2D eigenvalue weighted by Gasteiger charge is 1.89. The fourth-order valence-electron chi connectivity index (χ4n) is 0.988. The SMILES string of the molecule is CCCCCCC=CCOC(=O)Cl. The molecule has 0 aliphatic carbocycles. The predicted molar refractivity (Wildman–Crippen MR) is 55.1 cm³/mol. The minimum absolute atomic E-state index is 0.288. The summed E-state index contributed by atoms with van der Waals surface area (Å²) in [5.74, 6) is 0. The third-order valence-electron chi connectivity index (χ3n) is 1.68. The van der Waals surface area contributed by atoms with Crippen molar-refractivity contribution in [3.8, 4) is 0 Å². The molecule has 0 radical (unpaired) electrons. The van der Waals surface area contributed by atoms with Crippen molar-refractivity contribution in [1.29, 1.82) is 0 Å². The van der Waals surface area contributed by atoms with Gasteiger partial charge in [-0.15, -0.1) is 0 Å². The van der Waals surface area contributed by atoms with Gasteiger partial charge in [-0.1, -0.05) is 38.3 Å². The maximum absolute atomic E-state index is 10.1. The fourth-order valence-corrected chi connectivity index (χ4v) is 1.05. The van der Waals surface area contributed by atoms with Crippen LogP contribution in [-0.4, -0.2) is 12.0 Å². The number of rotatable bonds is 7. The largest absolute Gasteiger partial charge is 0.449 e. The Labute approximate surface area is 84.9 Å². The van der Waals surface area contributed by atoms with Crippen LogP contribution < -0.4 is 0 Å². The van der Waals surface area contributed by atoms with Crippen LogP contribution in [-0.2, 0) is 4.74 Å². The maximum Gasteiger partial charge on any atom is 0.404 e. The van der Waals surface area contributed by atoms with Gasteiger partial charge >= 0.3 is 5.43 Å². The fraction of sp³-hybridized carbons (Fsp3) is 0.700. The van der Waals surface area contributed by atoms with Crippen LogP contribution in [0.1, 0.15) is 39.0 Å². The molecule has 2 nitrogen and oxygen atoms in total. The second kappa shape index (κ2) is 9.59. The molecule has 3 heteroatoms. The molecule has 76 valence electrons. The van der Waals surface area contributed by atoms with Crippen molar-refractivity contribution >= 4 is 17.0 Å². The topological polar surface area (TPSA) is 26.3 Å². The van der Waals surface area contributed by atoms with Crippen LogP contribution in [0.4, 0.5) is 4.79 Å². The highest BCUT2D eigenvalue weighted by Crippen LogP contribution is 2.02. The first-order chi connectivity index (χ1) is 6.27. The van der Waals surface area contributed by atoms with E-state index in [9.17, 15) is 4.79 Å². The Bertz CT molecular complexity index is 155. The number of allylic oxidation sites excluding steroid dienone is 1. The summed E-state index contributed by atoms with van der Waals surface area (Å²) in [5.41, 5.74) is -0.740. The minimum Gasteiger partial charge on any atom is -0.449 e. The van der Waals surface area contributed by atoms with Crippen LogP contribution in [0.5, 0.6) is 0 Å². The smallest absolute Gasteiger partial charge is 0.404 e. The Balaban J connectivity index is 3.08. The van der Waals surface area contributed by atoms with Crippen molar-refractivity contribution in [2.45, 2.75) is 39.0 Å². The second-order valence-corrected chi connectivity index (χ2v) is 3.18. The summed E-state index contributed by atoms with van der Waals surface area (Å²) in [7, 11) is 0. The Morgan fingerprint density at radius 3 is 2.69 bits per heavy atom. The number of unbranched alkanes of at least 4 members (excludes halogenated alkanes) is 4. The Kier molecular flexibility index (Phi) is 9.22. The molecule has 0 rings (SSSR count). The van der Waals surface area contributed by atoms with Crippen LogP contribution >= 0.6 is 11.6 Å². The maximum atomic E-state index is 10.1. The van der Waals surface area contributed by atoms with Crippen molar-refractivity contribution in [2.24, 2.45) is 0 Å². The van der Waals surface area contributed by atoms with Gasteiger partial charge in [0.25, 0.3) is 0 Å². The van der Waals surface area contributed by atoms with Gasteiger partial charge in [0, 0.05) is 11.6 Å². The van der Waals surface area contributed by atoms with Gasteiger partial charge < -0.3 is 4.74 Å². The summed E-state index contributed by atoms with van der Waals surface area (Å²) in [6.45, 7) is 2.48. The Morgan fingerprint density at radius 1 is 1.31 bits per heavy atom. The summed E-state index contributed by atoms with van der Waals surface area (Å²) < 4.78 is 4.51. The molecule has 0 amide bonds. The van der Waals surface area contributed by atoms with Gasteiger partial charge in [0.15, 0.2) is 0 Å². The normalized spacial score (nSPS) is 10.6. The number of hydrogen-bond acceptors (Lipinski definition) is 2. The molecular formula is C10H17ClO2. The molecule has 0 spiro atoms. The zero-order chi connectivity index (χ0) is 9.94. The van der Waals surface area contributed by atoms with E-state index >= 15 is 0 Å². The number of carbonyl (C=O) groups excluding carboxylic acids is 1. The lowest BCUT2D eigenvalue weighted by atomic mass is 10.1. The first kappa shape index (κ1) is 12.5. The molecule has 0 aromatic carbocycles. The van der Waals surface area contributed by atoms with Gasteiger partial charge in [-0.3, -0.25) is 0 Å². The summed E-state index contributed by atoms with van der Waals surface area (Å²) in [6, 6.07) is 0. The van der Waals surface area contributed by atoms with Crippen LogP contribution in [0.3, 0.4) is 0 Å². The molecule has 0 heterocycles. The molecule has 0 atom stereocenters. The van der Waals surface area contributed by atoms with Gasteiger partial charge in [0.2, 0.25) is 0 Å². The molecule has 13 heavy (non-hydrogen) atoms. The van der Waals surface area contributed by atoms with Gasteiger partial charge in [-0.2, -0.15) is 0 Å². The van der Waals surface area contributed by atoms with Gasteiger partial charge in [0.1, 0.15) is 6.61 Å². The summed E-state index contributed by atoms with van der Waals surface area (Å²) in [5, 5.41) is 0. The van der Waals surface area contributed by atoms with E-state index in [4.69, 9.17) is 11.6 Å². The second-order valence-electron chi connectivity index (χ2n) is 2.87. The van der Waals surface area contributed by atoms with Gasteiger partial charge in [-0.05, 0) is 12.8 Å². The lowest BCUT2D eigenvalue weighted by molar-refractivity contribution is 0.186. The highest BCUT2D eigenvalue weighted by molar-refractivity contribution is 6.61. The molecule has 0 N–H and O–H groups in total. The minimum atomic E-state index is -0.740. The van der Waals surface area contributed by atoms with E-state index in [-0.39, 0.29) is 6.61 Å². The van der Waals surface area contributed by atoms with Gasteiger partial charge in [-0.25, -0.2) is 4.79 Å². The molecule has 0 unspecified atom stereocenters. The highest BCUT2D eigenvalue weighted by atomic mass is 35.5. The summed E-state index contributed by atoms with van der Waals surface area (Å²) >= 11 is 4.96. The van der Waals surface area contributed by atoms with E-state index in [0.717, 1.165) is 6.42 Å². The molecule has 0 saturated carbocycles. The van der Waals surface area contributed by atoms with Crippen LogP contribution in [0.25, 0.3) is 0 Å². The zero-order valence-electron chi connectivity index (χ0n) is 8.09. The van der Waals surface area contributed by atoms with Crippen molar-refractivity contribution in [1.82, 2.24) is 0 Å². The number of halogens is 1. The average Bonchev–Trinajstić information content (AvgIpc) is 2.09. The molecule has 0 bridgehead atoms. The molecule has 0 aliphatic heterocycles. The van der Waals surface area contributed by atoms with Crippen molar-refractivity contribution in [2.75, 3.05) is 6.61 Å². The standard InChI is InChI=1S/C10H17ClO2/c1-2-3-4-5-6-7-8-9-13-10(11)12/h7-8H,2-6,9H2,1H3. The third kappa shape index (κ3) is 11.5. The van der Waals surface area contributed by atoms with Crippen LogP contribution in [0.15, 0.2) is 12.2 Å². The predicted octanol–water partition coefficient (Wildman–Crippen LogP) is 3.89. The van der Waals surface area contributed by atoms with E-state index in [0.29, 0.717) is 0 Å². The Hall–Kier alpha value is -0.500. The lowest BCUT2D eigenvalue weighted by Gasteiger charge is -1.95. The molecule has 0 fully saturated rings. The third-order valence-corrected chi connectivity index (χ3v) is 1.79. The van der Waals surface area contributed by atoms with Crippen LogP contribution in [0, 0.1) is 0 Å². The van der Waals surface area contributed by atoms with E-state index in [1.54, 1.807) is 0 Å². The van der Waals surface area contributed by atoms with Gasteiger partial charge in [0.05, 0.1) is 0 Å². The first-order valence-electron chi connectivity index (χ1n) is 4.74. The first-order valence-corrected chi connectivity index (χ1v) is 5.12. The number of hydrogen-bond donors (Lipinski definition) is 0. The molecule has 0 aromatic rings. The number of carbonyl (C=O) groups is 1. The molecule has 0 saturated heterocycles. The van der Waals surface area contributed by atoms with Crippen molar-refractivity contribution in [3.63, 3.8) is 0 Å². The Morgan fingerprint density at radius 2 is 2.08 bits per heavy atom. The van der Waals surface area contributed by atoms with E-state index in [2.05, 4.69) is 11.7 Å². The van der Waals surface area contributed by atoms with E-state index < -0.39 is 5.43 Å². The summed E-state index contributed by atoms with van der Waals surface area (Å²) in [4.78, 5) is 10.1. The van der Waals surface area contributed by atoms with Crippen molar-refractivity contribution < 1.29 is 9.53 Å². The lowest BCUT2D eigenvalue weighted by Crippen LogP contribution is -1.92. The van der Waals surface area contributed by atoms with E-state index in [1.165, 1.54) is 25.7 Å². The summed E-state index contributed by atoms with van der Waals surface area (Å²) in [6.07, 6.45) is 9.94. The quantitative estimate of drug-likeness (QED) is 0.357. The zero-order valence-corrected chi connectivity index (χ0v) is 8.85. The average molecular weight is 205 g/mol. The molecule has 0 aromatic heterocycles. The monoisotopic (exact) mass is 204 g/mol. The molecular weight excluding hydrogens is 188 g/mol. The van der Waals surface area contributed by atoms with E-state index in [1.807, 2.05) is 12.2 Å². The van der Waals surface area contributed by atoms with Crippen molar-refractivity contribution in [3.05, 3.63) is 12.2 Å².